The molecule has 1 N–H and O–H groups in total. The molecular weight excluding hydrogens is 363 g/mol. The van der Waals surface area contributed by atoms with Crippen LogP contribution in [0.15, 0.2) is 12.1 Å². The zero-order valence-electron chi connectivity index (χ0n) is 14.3. The van der Waals surface area contributed by atoms with Crippen molar-refractivity contribution < 1.29 is 14.3 Å². The number of carbonyl (C=O) groups excluding carboxylic acids is 1. The molecular formula is C18H24Cl2N2O3. The van der Waals surface area contributed by atoms with E-state index in [0.29, 0.717) is 54.3 Å². The third-order valence-electron chi connectivity index (χ3n) is 5.40. The van der Waals surface area contributed by atoms with Gasteiger partial charge in [-0.25, -0.2) is 0 Å². The molecule has 1 aromatic carbocycles. The lowest BCUT2D eigenvalue weighted by Crippen LogP contribution is -2.49. The van der Waals surface area contributed by atoms with Crippen molar-refractivity contribution in [1.82, 2.24) is 10.2 Å². The minimum atomic E-state index is 0. The number of carbonyl (C=O) groups is 1. The summed E-state index contributed by atoms with van der Waals surface area (Å²) in [5, 5.41) is 4.13. The minimum Gasteiger partial charge on any atom is -0.486 e. The van der Waals surface area contributed by atoms with E-state index in [4.69, 9.17) is 21.1 Å². The van der Waals surface area contributed by atoms with Crippen LogP contribution in [-0.4, -0.2) is 49.2 Å². The lowest BCUT2D eigenvalue weighted by molar-refractivity contribution is -0.131. The van der Waals surface area contributed by atoms with Crippen LogP contribution in [0.1, 0.15) is 31.2 Å². The summed E-state index contributed by atoms with van der Waals surface area (Å²) in [6, 6.07) is 5.18. The molecule has 4 rings (SSSR count). The highest BCUT2D eigenvalue weighted by Gasteiger charge is 2.36. The number of piperidine rings is 1. The standard InChI is InChI=1S/C18H23ClN2O3.ClH/c1-21(14-9-12-2-3-13(10-14)20-12)17(22)8-11-6-15(19)18-16(7-11)23-4-5-24-18;/h6-7,12-14,20H,2-5,8-10H2,1H3;1H. The number of nitrogens with one attached hydrogen (secondary N) is 1. The molecule has 0 aliphatic carbocycles. The Balaban J connectivity index is 0.00000182. The highest BCUT2D eigenvalue weighted by Crippen LogP contribution is 2.38. The topological polar surface area (TPSA) is 50.8 Å². The summed E-state index contributed by atoms with van der Waals surface area (Å²) >= 11 is 6.27. The van der Waals surface area contributed by atoms with Crippen LogP contribution in [0.5, 0.6) is 11.5 Å². The van der Waals surface area contributed by atoms with Crippen LogP contribution < -0.4 is 14.8 Å². The van der Waals surface area contributed by atoms with Gasteiger partial charge in [-0.2, -0.15) is 0 Å². The van der Waals surface area contributed by atoms with Gasteiger partial charge >= 0.3 is 0 Å². The van der Waals surface area contributed by atoms with Crippen molar-refractivity contribution in [3.63, 3.8) is 0 Å². The molecule has 0 spiro atoms. The van der Waals surface area contributed by atoms with Crippen LogP contribution in [0.2, 0.25) is 5.02 Å². The summed E-state index contributed by atoms with van der Waals surface area (Å²) in [5.74, 6) is 1.36. The number of hydrogen-bond acceptors (Lipinski definition) is 4. The molecule has 7 heteroatoms. The first-order valence-corrected chi connectivity index (χ1v) is 9.07. The molecule has 2 saturated heterocycles. The fourth-order valence-electron chi connectivity index (χ4n) is 4.11. The highest BCUT2D eigenvalue weighted by molar-refractivity contribution is 6.32. The SMILES string of the molecule is CN(C(=O)Cc1cc(Cl)c2c(c1)OCCO2)C1CC2CCC(C1)N2.Cl. The highest BCUT2D eigenvalue weighted by atomic mass is 35.5. The molecule has 5 nitrogen and oxygen atoms in total. The molecule has 2 atom stereocenters. The Morgan fingerprint density at radius 3 is 2.64 bits per heavy atom. The van der Waals surface area contributed by atoms with Crippen molar-refractivity contribution in [2.75, 3.05) is 20.3 Å². The van der Waals surface area contributed by atoms with Gasteiger partial charge in [0.25, 0.3) is 0 Å². The molecule has 2 unspecified atom stereocenters. The normalized spacial score (nSPS) is 26.7. The van der Waals surface area contributed by atoms with Gasteiger partial charge in [-0.15, -0.1) is 12.4 Å². The molecule has 3 aliphatic rings. The maximum Gasteiger partial charge on any atom is 0.226 e. The zero-order chi connectivity index (χ0) is 16.7. The Labute approximate surface area is 159 Å². The Morgan fingerprint density at radius 2 is 1.92 bits per heavy atom. The molecule has 0 aromatic heterocycles. The Kier molecular flexibility index (Phi) is 5.66. The molecule has 2 bridgehead atoms. The van der Waals surface area contributed by atoms with E-state index in [1.165, 1.54) is 12.8 Å². The van der Waals surface area contributed by atoms with Gasteiger partial charge in [0, 0.05) is 25.2 Å². The van der Waals surface area contributed by atoms with Crippen LogP contribution >= 0.6 is 24.0 Å². The van der Waals surface area contributed by atoms with Crippen molar-refractivity contribution in [3.05, 3.63) is 22.7 Å². The monoisotopic (exact) mass is 386 g/mol. The number of benzene rings is 1. The summed E-state index contributed by atoms with van der Waals surface area (Å²) < 4.78 is 11.1. The summed E-state index contributed by atoms with van der Waals surface area (Å²) in [6.45, 7) is 1.02. The van der Waals surface area contributed by atoms with E-state index >= 15 is 0 Å². The molecule has 0 saturated carbocycles. The van der Waals surface area contributed by atoms with E-state index < -0.39 is 0 Å². The zero-order valence-corrected chi connectivity index (χ0v) is 15.9. The van der Waals surface area contributed by atoms with Gasteiger partial charge in [0.2, 0.25) is 5.91 Å². The smallest absolute Gasteiger partial charge is 0.226 e. The van der Waals surface area contributed by atoms with Crippen LogP contribution in [0.4, 0.5) is 0 Å². The van der Waals surface area contributed by atoms with Crippen molar-refractivity contribution in [1.29, 1.82) is 0 Å². The van der Waals surface area contributed by atoms with Crippen molar-refractivity contribution in [2.24, 2.45) is 0 Å². The fourth-order valence-corrected chi connectivity index (χ4v) is 4.40. The Morgan fingerprint density at radius 1 is 1.24 bits per heavy atom. The van der Waals surface area contributed by atoms with Crippen LogP contribution in [-0.2, 0) is 11.2 Å². The van der Waals surface area contributed by atoms with Gasteiger partial charge in [0.1, 0.15) is 13.2 Å². The van der Waals surface area contributed by atoms with Gasteiger partial charge in [-0.05, 0) is 43.4 Å². The number of likely N-dealkylation sites (N-methyl/N-ethyl adjacent to an activating group) is 1. The van der Waals surface area contributed by atoms with Gasteiger partial charge in [0.05, 0.1) is 11.4 Å². The number of ether oxygens (including phenoxy) is 2. The largest absolute Gasteiger partial charge is 0.486 e. The number of rotatable bonds is 3. The Hall–Kier alpha value is -1.17. The lowest BCUT2D eigenvalue weighted by Gasteiger charge is -2.35. The number of amides is 1. The predicted octanol–water partition coefficient (Wildman–Crippen LogP) is 2.82. The van der Waals surface area contributed by atoms with Crippen molar-refractivity contribution in [3.8, 4) is 11.5 Å². The number of nitrogens with zero attached hydrogens (tertiary/aromatic N) is 1. The van der Waals surface area contributed by atoms with Crippen LogP contribution in [0.3, 0.4) is 0 Å². The second-order valence-electron chi connectivity index (χ2n) is 7.05. The maximum absolute atomic E-state index is 12.7. The quantitative estimate of drug-likeness (QED) is 0.867. The van der Waals surface area contributed by atoms with E-state index in [9.17, 15) is 4.79 Å². The molecule has 2 fully saturated rings. The number of hydrogen-bond donors (Lipinski definition) is 1. The van der Waals surface area contributed by atoms with E-state index in [1.807, 2.05) is 24.1 Å². The molecule has 3 aliphatic heterocycles. The van der Waals surface area contributed by atoms with Crippen molar-refractivity contribution in [2.45, 2.75) is 50.2 Å². The summed E-state index contributed by atoms with van der Waals surface area (Å²) in [6.07, 6.45) is 4.93. The minimum absolute atomic E-state index is 0. The average Bonchev–Trinajstić information content (AvgIpc) is 2.92. The summed E-state index contributed by atoms with van der Waals surface area (Å²) in [7, 11) is 1.93. The molecule has 138 valence electrons. The van der Waals surface area contributed by atoms with Crippen molar-refractivity contribution >= 4 is 29.9 Å². The first kappa shape index (κ1) is 18.6. The lowest BCUT2D eigenvalue weighted by atomic mass is 9.98. The molecule has 1 aromatic rings. The average molecular weight is 387 g/mol. The maximum atomic E-state index is 12.7. The van der Waals surface area contributed by atoms with E-state index in [0.717, 1.165) is 18.4 Å². The number of fused-ring (bicyclic) bond motifs is 3. The van der Waals surface area contributed by atoms with Crippen LogP contribution in [0, 0.1) is 0 Å². The third-order valence-corrected chi connectivity index (χ3v) is 5.68. The number of halogens is 2. The third kappa shape index (κ3) is 3.83. The summed E-state index contributed by atoms with van der Waals surface area (Å²) in [5.41, 5.74) is 0.873. The molecule has 1 amide bonds. The fraction of sp³-hybridized carbons (Fsp3) is 0.611. The van der Waals surface area contributed by atoms with E-state index in [2.05, 4.69) is 5.32 Å². The van der Waals surface area contributed by atoms with Gasteiger partial charge < -0.3 is 19.7 Å². The second kappa shape index (κ2) is 7.60. The van der Waals surface area contributed by atoms with E-state index in [-0.39, 0.29) is 18.3 Å². The molecule has 3 heterocycles. The molecule has 0 radical (unpaired) electrons. The first-order valence-electron chi connectivity index (χ1n) is 8.70. The van der Waals surface area contributed by atoms with Gasteiger partial charge in [-0.1, -0.05) is 11.6 Å². The van der Waals surface area contributed by atoms with E-state index in [1.54, 1.807) is 0 Å². The Bertz CT molecular complexity index is 643. The van der Waals surface area contributed by atoms with Gasteiger partial charge in [-0.3, -0.25) is 4.79 Å². The predicted molar refractivity (Wildman–Crippen MR) is 99.1 cm³/mol. The summed E-state index contributed by atoms with van der Waals surface area (Å²) in [4.78, 5) is 14.6. The molecule has 25 heavy (non-hydrogen) atoms. The van der Waals surface area contributed by atoms with Crippen LogP contribution in [0.25, 0.3) is 0 Å². The van der Waals surface area contributed by atoms with Gasteiger partial charge in [0.15, 0.2) is 11.5 Å². The second-order valence-corrected chi connectivity index (χ2v) is 7.45. The first-order chi connectivity index (χ1) is 11.6.